The molecule has 0 saturated heterocycles. The predicted molar refractivity (Wildman–Crippen MR) is 59.1 cm³/mol. The first-order valence-corrected chi connectivity index (χ1v) is 5.27. The van der Waals surface area contributed by atoms with Gasteiger partial charge < -0.3 is 9.47 Å². The minimum Gasteiger partial charge on any atom is -0.485 e. The summed E-state index contributed by atoms with van der Waals surface area (Å²) in [5, 5.41) is 5.59. The zero-order valence-electron chi connectivity index (χ0n) is 8.27. The molecule has 0 aliphatic carbocycles. The normalized spacial score (nSPS) is 18.4. The van der Waals surface area contributed by atoms with E-state index in [0.717, 1.165) is 11.5 Å². The summed E-state index contributed by atoms with van der Waals surface area (Å²) < 4.78 is 11.7. The van der Waals surface area contributed by atoms with Gasteiger partial charge >= 0.3 is 0 Å². The molecule has 1 aromatic heterocycles. The third-order valence-corrected chi connectivity index (χ3v) is 2.53. The summed E-state index contributed by atoms with van der Waals surface area (Å²) in [7, 11) is 0. The van der Waals surface area contributed by atoms with Crippen molar-refractivity contribution >= 4 is 12.2 Å². The van der Waals surface area contributed by atoms with Gasteiger partial charge in [0, 0.05) is 0 Å². The van der Waals surface area contributed by atoms with Crippen LogP contribution in [0.15, 0.2) is 24.3 Å². The van der Waals surface area contributed by atoms with Crippen LogP contribution in [0.25, 0.3) is 0 Å². The monoisotopic (exact) mass is 235 g/mol. The molecule has 5 nitrogen and oxygen atoms in total. The van der Waals surface area contributed by atoms with Crippen LogP contribution in [-0.4, -0.2) is 21.8 Å². The van der Waals surface area contributed by atoms with Crippen LogP contribution in [0.5, 0.6) is 11.5 Å². The Hall–Kier alpha value is -1.82. The zero-order valence-corrected chi connectivity index (χ0v) is 9.08. The molecular weight excluding hydrogens is 226 g/mol. The number of aromatic amines is 2. The van der Waals surface area contributed by atoms with Crippen LogP contribution in [0.4, 0.5) is 0 Å². The lowest BCUT2D eigenvalue weighted by Crippen LogP contribution is -2.22. The number of nitrogens with one attached hydrogen (secondary N) is 2. The van der Waals surface area contributed by atoms with Gasteiger partial charge in [-0.3, -0.25) is 10.2 Å². The molecule has 0 radical (unpaired) electrons. The van der Waals surface area contributed by atoms with Crippen molar-refractivity contribution in [2.75, 3.05) is 6.61 Å². The molecule has 82 valence electrons. The Bertz CT molecular complexity index is 563. The van der Waals surface area contributed by atoms with Gasteiger partial charge in [-0.1, -0.05) is 12.1 Å². The van der Waals surface area contributed by atoms with E-state index in [-0.39, 0.29) is 6.10 Å². The van der Waals surface area contributed by atoms with Gasteiger partial charge in [0.2, 0.25) is 4.77 Å². The number of nitrogens with zero attached hydrogens (tertiary/aromatic N) is 1. The first-order valence-electron chi connectivity index (χ1n) is 4.86. The standard InChI is InChI=1S/C10H9N3O2S/c16-10-11-9(12-13-10)8-5-14-6-3-1-2-4-7(6)15-8/h1-4,8H,5H2,(H2,11,12,13,16)/t8-/m1/s1. The largest absolute Gasteiger partial charge is 0.485 e. The van der Waals surface area contributed by atoms with Crippen molar-refractivity contribution in [1.29, 1.82) is 0 Å². The number of H-pyrrole nitrogens is 2. The summed E-state index contributed by atoms with van der Waals surface area (Å²) in [5.41, 5.74) is 0. The number of para-hydroxylation sites is 2. The van der Waals surface area contributed by atoms with Crippen LogP contribution in [-0.2, 0) is 0 Å². The topological polar surface area (TPSA) is 62.9 Å². The lowest BCUT2D eigenvalue weighted by Gasteiger charge is -2.24. The third kappa shape index (κ3) is 1.57. The molecule has 0 spiro atoms. The van der Waals surface area contributed by atoms with E-state index in [1.807, 2.05) is 24.3 Å². The highest BCUT2D eigenvalue weighted by atomic mass is 32.1. The van der Waals surface area contributed by atoms with Gasteiger partial charge in [0.05, 0.1) is 0 Å². The van der Waals surface area contributed by atoms with E-state index < -0.39 is 0 Å². The maximum absolute atomic E-state index is 5.75. The summed E-state index contributed by atoms with van der Waals surface area (Å²) >= 11 is 4.89. The molecule has 0 unspecified atom stereocenters. The molecule has 0 bridgehead atoms. The van der Waals surface area contributed by atoms with Gasteiger partial charge in [-0.15, -0.1) is 0 Å². The molecule has 2 N–H and O–H groups in total. The highest BCUT2D eigenvalue weighted by molar-refractivity contribution is 7.71. The quantitative estimate of drug-likeness (QED) is 0.742. The van der Waals surface area contributed by atoms with Crippen LogP contribution < -0.4 is 9.47 Å². The fraction of sp³-hybridized carbons (Fsp3) is 0.200. The molecule has 3 rings (SSSR count). The summed E-state index contributed by atoms with van der Waals surface area (Å²) in [5.74, 6) is 2.13. The van der Waals surface area contributed by atoms with E-state index in [4.69, 9.17) is 21.7 Å². The highest BCUT2D eigenvalue weighted by Gasteiger charge is 2.24. The number of hydrogen-bond donors (Lipinski definition) is 2. The molecule has 16 heavy (non-hydrogen) atoms. The average molecular weight is 235 g/mol. The molecule has 0 amide bonds. The van der Waals surface area contributed by atoms with E-state index in [0.29, 0.717) is 17.2 Å². The number of aromatic nitrogens is 3. The van der Waals surface area contributed by atoms with Gasteiger partial charge in [-0.05, 0) is 24.4 Å². The van der Waals surface area contributed by atoms with E-state index in [2.05, 4.69) is 15.2 Å². The van der Waals surface area contributed by atoms with Crippen molar-refractivity contribution in [1.82, 2.24) is 15.2 Å². The number of fused-ring (bicyclic) bond motifs is 1. The maximum Gasteiger partial charge on any atom is 0.213 e. The second-order valence-corrected chi connectivity index (χ2v) is 3.80. The molecule has 6 heteroatoms. The Morgan fingerprint density at radius 3 is 2.81 bits per heavy atom. The number of benzene rings is 1. The van der Waals surface area contributed by atoms with Crippen LogP contribution in [0.1, 0.15) is 11.9 Å². The van der Waals surface area contributed by atoms with Crippen LogP contribution in [0, 0.1) is 4.77 Å². The molecule has 0 fully saturated rings. The molecule has 2 aromatic rings. The number of hydrogen-bond acceptors (Lipinski definition) is 4. The first kappa shape index (κ1) is 9.41. The van der Waals surface area contributed by atoms with E-state index in [1.165, 1.54) is 0 Å². The van der Waals surface area contributed by atoms with Crippen LogP contribution in [0.3, 0.4) is 0 Å². The molecule has 0 saturated carbocycles. The van der Waals surface area contributed by atoms with Crippen molar-refractivity contribution in [2.24, 2.45) is 0 Å². The predicted octanol–water partition coefficient (Wildman–Crippen LogP) is 1.98. The fourth-order valence-electron chi connectivity index (χ4n) is 1.59. The van der Waals surface area contributed by atoms with E-state index in [1.54, 1.807) is 0 Å². The lowest BCUT2D eigenvalue weighted by molar-refractivity contribution is 0.0853. The second-order valence-electron chi connectivity index (χ2n) is 3.42. The Kier molecular flexibility index (Phi) is 2.14. The van der Waals surface area contributed by atoms with E-state index >= 15 is 0 Å². The molecular formula is C10H9N3O2S. The van der Waals surface area contributed by atoms with Gasteiger partial charge in [0.25, 0.3) is 0 Å². The lowest BCUT2D eigenvalue weighted by atomic mass is 10.2. The van der Waals surface area contributed by atoms with Gasteiger partial charge in [-0.25, -0.2) is 4.98 Å². The molecule has 1 aliphatic rings. The summed E-state index contributed by atoms with van der Waals surface area (Å²) in [6, 6.07) is 7.54. The van der Waals surface area contributed by atoms with Crippen molar-refractivity contribution in [3.8, 4) is 11.5 Å². The maximum atomic E-state index is 5.75. The van der Waals surface area contributed by atoms with Gasteiger partial charge in [0.1, 0.15) is 6.61 Å². The SMILES string of the molecule is S=c1nc([C@H]2COc3ccccc3O2)[nH][nH]1. The molecule has 2 heterocycles. The van der Waals surface area contributed by atoms with Crippen molar-refractivity contribution < 1.29 is 9.47 Å². The minimum absolute atomic E-state index is 0.247. The van der Waals surface area contributed by atoms with Crippen molar-refractivity contribution in [3.63, 3.8) is 0 Å². The van der Waals surface area contributed by atoms with Crippen LogP contribution in [0.2, 0.25) is 0 Å². The first-order chi connectivity index (χ1) is 7.83. The molecule has 1 atom stereocenters. The highest BCUT2D eigenvalue weighted by Crippen LogP contribution is 2.34. The summed E-state index contributed by atoms with van der Waals surface area (Å²) in [6.07, 6.45) is -0.247. The summed E-state index contributed by atoms with van der Waals surface area (Å²) in [6.45, 7) is 0.424. The molecule has 1 aliphatic heterocycles. The number of rotatable bonds is 1. The third-order valence-electron chi connectivity index (χ3n) is 2.33. The average Bonchev–Trinajstić information content (AvgIpc) is 2.75. The van der Waals surface area contributed by atoms with Crippen LogP contribution >= 0.6 is 12.2 Å². The molecule has 1 aromatic carbocycles. The minimum atomic E-state index is -0.247. The zero-order chi connectivity index (χ0) is 11.0. The Labute approximate surface area is 96.4 Å². The van der Waals surface area contributed by atoms with Gasteiger partial charge in [-0.2, -0.15) is 0 Å². The van der Waals surface area contributed by atoms with Crippen molar-refractivity contribution in [3.05, 3.63) is 34.9 Å². The Balaban J connectivity index is 1.90. The summed E-state index contributed by atoms with van der Waals surface area (Å²) in [4.78, 5) is 4.11. The van der Waals surface area contributed by atoms with Crippen molar-refractivity contribution in [2.45, 2.75) is 6.10 Å². The smallest absolute Gasteiger partial charge is 0.213 e. The van der Waals surface area contributed by atoms with Gasteiger partial charge in [0.15, 0.2) is 23.4 Å². The Morgan fingerprint density at radius 2 is 2.06 bits per heavy atom. The van der Waals surface area contributed by atoms with E-state index in [9.17, 15) is 0 Å². The fourth-order valence-corrected chi connectivity index (χ4v) is 1.74. The Morgan fingerprint density at radius 1 is 1.25 bits per heavy atom. The second kappa shape index (κ2) is 3.64. The number of ether oxygens (including phenoxy) is 2.